The number of imidazole rings is 2. The summed E-state index contributed by atoms with van der Waals surface area (Å²) < 4.78 is 4.52. The maximum atomic E-state index is 13.0. The number of ether oxygens (including phenoxy) is 1. The zero-order valence-electron chi connectivity index (χ0n) is 35.3. The van der Waals surface area contributed by atoms with Crippen LogP contribution < -0.4 is 16.0 Å². The molecule has 2 unspecified atom stereocenters. The number of amides is 3. The summed E-state index contributed by atoms with van der Waals surface area (Å²) >= 11 is 3.53. The maximum Gasteiger partial charge on any atom is 0.407 e. The van der Waals surface area contributed by atoms with Crippen molar-refractivity contribution in [2.45, 2.75) is 80.3 Å². The van der Waals surface area contributed by atoms with Crippen molar-refractivity contribution in [1.82, 2.24) is 35.5 Å². The number of rotatable bonds is 13. The molecule has 318 valence electrons. The fourth-order valence-corrected chi connectivity index (χ4v) is 5.42. The summed E-state index contributed by atoms with van der Waals surface area (Å²) in [5.74, 6) is 3.55. The topological polar surface area (TPSA) is 238 Å². The Labute approximate surface area is 346 Å². The molecule has 2 aromatic heterocycles. The predicted molar refractivity (Wildman–Crippen MR) is 229 cm³/mol. The fourth-order valence-electron chi connectivity index (χ4n) is 5.42. The number of alkyl carbamates (subject to hydrolysis) is 1. The van der Waals surface area contributed by atoms with Gasteiger partial charge in [0.15, 0.2) is 23.0 Å². The molecule has 16 nitrogen and oxygen atoms in total. The van der Waals surface area contributed by atoms with Gasteiger partial charge < -0.3 is 56.0 Å². The van der Waals surface area contributed by atoms with Gasteiger partial charge in [0.2, 0.25) is 17.8 Å². The van der Waals surface area contributed by atoms with Crippen LogP contribution in [0.25, 0.3) is 22.3 Å². The number of benzene rings is 2. The van der Waals surface area contributed by atoms with Crippen molar-refractivity contribution in [3.63, 3.8) is 0 Å². The highest BCUT2D eigenvalue weighted by Gasteiger charge is 2.38. The third-order valence-corrected chi connectivity index (χ3v) is 9.59. The number of methoxy groups -OCH3 is 1. The number of nitrogens with one attached hydrogen (secondary N) is 5. The summed E-state index contributed by atoms with van der Waals surface area (Å²) in [6.45, 7) is 16.6. The molecule has 4 rings (SSSR count). The van der Waals surface area contributed by atoms with Gasteiger partial charge in [0.05, 0.1) is 42.1 Å². The second kappa shape index (κ2) is 22.3. The van der Waals surface area contributed by atoms with Gasteiger partial charge in [-0.15, -0.1) is 0 Å². The van der Waals surface area contributed by atoms with Gasteiger partial charge in [0.1, 0.15) is 16.9 Å². The Morgan fingerprint density at radius 2 is 1.60 bits per heavy atom. The van der Waals surface area contributed by atoms with Crippen LogP contribution in [0, 0.1) is 29.6 Å². The van der Waals surface area contributed by atoms with Gasteiger partial charge in [0.25, 0.3) is 0 Å². The third-order valence-electron chi connectivity index (χ3n) is 9.59. The number of aromatic nitrogens is 4. The zero-order valence-corrected chi connectivity index (χ0v) is 36.2. The number of anilines is 1. The van der Waals surface area contributed by atoms with Gasteiger partial charge >= 0.3 is 6.09 Å². The summed E-state index contributed by atoms with van der Waals surface area (Å²) in [6, 6.07) is 5.24. The number of phenolic OH excluding ortho intramolecular Hbond substituents is 4. The van der Waals surface area contributed by atoms with Gasteiger partial charge in [-0.1, -0.05) is 60.3 Å². The minimum atomic E-state index is -0.942. The molecule has 2 heterocycles. The summed E-state index contributed by atoms with van der Waals surface area (Å²) in [7, 11) is 3.02. The van der Waals surface area contributed by atoms with Crippen LogP contribution in [0.3, 0.4) is 0 Å². The highest BCUT2D eigenvalue weighted by molar-refractivity contribution is 7.79. The number of nitrogens with zero attached hydrogens (tertiary/aromatic N) is 3. The predicted octanol–water partition coefficient (Wildman–Crippen LogP) is 6.08. The van der Waals surface area contributed by atoms with E-state index in [2.05, 4.69) is 65.1 Å². The molecule has 17 heteroatoms. The van der Waals surface area contributed by atoms with E-state index in [-0.39, 0.29) is 52.9 Å². The van der Waals surface area contributed by atoms with Crippen LogP contribution in [0.15, 0.2) is 24.4 Å². The van der Waals surface area contributed by atoms with Gasteiger partial charge in [-0.05, 0) is 56.1 Å². The number of aromatic amines is 2. The summed E-state index contributed by atoms with van der Waals surface area (Å²) in [4.78, 5) is 52.5. The molecular formula is C41H60N8O8S. The van der Waals surface area contributed by atoms with Gasteiger partial charge in [-0.25, -0.2) is 14.8 Å². The molecule has 0 radical (unpaired) electrons. The molecule has 0 fully saturated rings. The molecular weight excluding hydrogens is 765 g/mol. The molecule has 0 aliphatic carbocycles. The van der Waals surface area contributed by atoms with Gasteiger partial charge in [-0.2, -0.15) is 12.6 Å². The van der Waals surface area contributed by atoms with Crippen LogP contribution in [0.4, 0.5) is 10.7 Å². The lowest BCUT2D eigenvalue weighted by molar-refractivity contribution is -0.137. The number of carbonyl (C=O) groups excluding carboxylic acids is 3. The minimum Gasteiger partial charge on any atom is -0.504 e. The lowest BCUT2D eigenvalue weighted by Crippen LogP contribution is -2.60. The van der Waals surface area contributed by atoms with E-state index in [1.165, 1.54) is 13.3 Å². The average Bonchev–Trinajstić information content (AvgIpc) is 3.85. The molecule has 0 aliphatic rings. The van der Waals surface area contributed by atoms with Crippen LogP contribution in [0.2, 0.25) is 0 Å². The Morgan fingerprint density at radius 3 is 2.14 bits per heavy atom. The fraction of sp³-hybridized carbons (Fsp3) is 0.488. The Hall–Kier alpha value is -5.76. The summed E-state index contributed by atoms with van der Waals surface area (Å²) in [5, 5.41) is 51.2. The molecule has 0 saturated heterocycles. The van der Waals surface area contributed by atoms with Crippen LogP contribution >= 0.6 is 12.6 Å². The third kappa shape index (κ3) is 11.9. The highest BCUT2D eigenvalue weighted by atomic mass is 32.1. The minimum absolute atomic E-state index is 0.00728. The van der Waals surface area contributed by atoms with E-state index in [1.807, 2.05) is 48.5 Å². The number of thiol groups is 1. The Balaban J connectivity index is 0.000000544. The number of aromatic hydroxyl groups is 4. The van der Waals surface area contributed by atoms with Crippen molar-refractivity contribution in [2.75, 3.05) is 38.8 Å². The lowest BCUT2D eigenvalue weighted by atomic mass is 9.87. The first-order valence-corrected chi connectivity index (χ1v) is 19.9. The first-order chi connectivity index (χ1) is 27.4. The van der Waals surface area contributed by atoms with Crippen LogP contribution in [-0.2, 0) is 20.9 Å². The lowest BCUT2D eigenvalue weighted by Gasteiger charge is -2.32. The number of phenols is 4. The molecule has 0 bridgehead atoms. The van der Waals surface area contributed by atoms with E-state index in [9.17, 15) is 34.8 Å². The molecule has 2 atom stereocenters. The second-order valence-corrected chi connectivity index (χ2v) is 14.2. The van der Waals surface area contributed by atoms with E-state index in [0.717, 1.165) is 23.9 Å². The first kappa shape index (κ1) is 48.4. The molecule has 2 aromatic carbocycles. The molecule has 0 spiro atoms. The molecule has 3 amide bonds. The quantitative estimate of drug-likeness (QED) is 0.0321. The molecule has 4 aromatic rings. The Kier molecular flexibility index (Phi) is 18.6. The van der Waals surface area contributed by atoms with Crippen LogP contribution in [0.5, 0.6) is 23.0 Å². The molecule has 58 heavy (non-hydrogen) atoms. The van der Waals surface area contributed by atoms with E-state index in [4.69, 9.17) is 0 Å². The largest absolute Gasteiger partial charge is 0.504 e. The molecule has 0 saturated carbocycles. The number of hydrogen-bond acceptors (Lipinski definition) is 12. The Morgan fingerprint density at radius 1 is 0.966 bits per heavy atom. The first-order valence-electron chi connectivity index (χ1n) is 19.0. The SMILES string of the molecule is CCCN(Cc1ncc(-c2c(O)c(O)c(C#Cc3ccc4nc(NC)[nH]c4c3)c(O)c2O)[nH]1)C(=O)C(C)C(C)C.CCCNC(=O)C(C)(NC(=O)OC)C(C)C.CS. The van der Waals surface area contributed by atoms with E-state index in [0.29, 0.717) is 30.4 Å². The maximum absolute atomic E-state index is 13.0. The standard InChI is InChI=1S/C29H34N6O5.C11H22N2O3.CH4S/c1-6-11-35(28(40)16(4)15(2)3)14-22-31-13-21(32-22)23-26(38)24(36)18(25(37)27(23)39)9-7-17-8-10-19-20(12-17)34-29(30-5)33-19;1-6-7-12-9(14)11(4,8(2)3)13-10(15)16-5;1-2/h8,10,12-13,15-16,36-39H,6,11,14H2,1-5H3,(H,31,32)(H2,30,33,34);8H,6-7H2,1-5H3,(H,12,14)(H,13,15);2H,1H3. The van der Waals surface area contributed by atoms with Gasteiger partial charge in [-0.3, -0.25) is 9.59 Å². The number of carbonyl (C=O) groups is 3. The number of fused-ring (bicyclic) bond motifs is 1. The molecule has 9 N–H and O–H groups in total. The Bertz CT molecular complexity index is 2040. The van der Waals surface area contributed by atoms with Crippen molar-refractivity contribution in [1.29, 1.82) is 0 Å². The average molecular weight is 825 g/mol. The second-order valence-electron chi connectivity index (χ2n) is 14.2. The van der Waals surface area contributed by atoms with Gasteiger partial charge in [0, 0.05) is 31.6 Å². The monoisotopic (exact) mass is 824 g/mol. The number of H-pyrrole nitrogens is 2. The van der Waals surface area contributed by atoms with Crippen molar-refractivity contribution < 1.29 is 39.5 Å². The van der Waals surface area contributed by atoms with Crippen molar-refractivity contribution >= 4 is 47.5 Å². The van der Waals surface area contributed by atoms with Crippen LogP contribution in [0.1, 0.15) is 85.2 Å². The van der Waals surface area contributed by atoms with E-state index >= 15 is 0 Å². The summed E-state index contributed by atoms with van der Waals surface area (Å²) in [6.07, 6.45) is 4.08. The smallest absolute Gasteiger partial charge is 0.407 e. The van der Waals surface area contributed by atoms with Crippen LogP contribution in [-0.4, -0.2) is 102 Å². The van der Waals surface area contributed by atoms with Crippen molar-refractivity contribution in [3.8, 4) is 46.1 Å². The van der Waals surface area contributed by atoms with E-state index < -0.39 is 34.6 Å². The zero-order chi connectivity index (χ0) is 43.9. The molecule has 0 aliphatic heterocycles. The number of hydrogen-bond donors (Lipinski definition) is 10. The highest BCUT2D eigenvalue weighted by Crippen LogP contribution is 2.50. The van der Waals surface area contributed by atoms with Crippen molar-refractivity contribution in [3.05, 3.63) is 41.3 Å². The van der Waals surface area contributed by atoms with E-state index in [1.54, 1.807) is 43.3 Å². The normalized spacial score (nSPS) is 12.2. The summed E-state index contributed by atoms with van der Waals surface area (Å²) in [5.41, 5.74) is 0.665. The van der Waals surface area contributed by atoms with Crippen molar-refractivity contribution in [2.24, 2.45) is 17.8 Å².